The first-order chi connectivity index (χ1) is 20.0. The van der Waals surface area contributed by atoms with Crippen molar-refractivity contribution in [3.05, 3.63) is 65.7 Å². The molecule has 3 aromatic rings. The molecule has 216 valence electrons. The minimum absolute atomic E-state index is 0.0341. The van der Waals surface area contributed by atoms with Gasteiger partial charge in [0, 0.05) is 50.5 Å². The Morgan fingerprint density at radius 3 is 2.41 bits per heavy atom. The first-order valence-electron chi connectivity index (χ1n) is 14.0. The molecule has 2 aliphatic heterocycles. The summed E-state index contributed by atoms with van der Waals surface area (Å²) in [4.78, 5) is 32.5. The van der Waals surface area contributed by atoms with Crippen LogP contribution in [0.1, 0.15) is 28.8 Å². The molecule has 1 aromatic heterocycles. The quantitative estimate of drug-likeness (QED) is 0.393. The minimum atomic E-state index is -0.129. The lowest BCUT2D eigenvalue weighted by Crippen LogP contribution is -2.52. The topological polar surface area (TPSA) is 97.3 Å². The monoisotopic (exact) mass is 559 g/mol. The number of amides is 2. The van der Waals surface area contributed by atoms with Crippen LogP contribution in [0.15, 0.2) is 54.6 Å². The third-order valence-electron chi connectivity index (χ3n) is 7.72. The standard InChI is InChI=1S/C31H37N5O5/c1-22-7-4-5-9-25(22)31(38)36(20-24-8-6-18-41-24)21-30(37)35-16-14-34(15-17-35)29-13-11-26(32-33-29)23-10-12-27(39-2)28(19-23)40-3/h4-5,7,9-13,19,24H,6,8,14-18,20-21H2,1-3H3. The summed E-state index contributed by atoms with van der Waals surface area (Å²) in [5.74, 6) is 1.86. The number of carbonyl (C=O) groups excluding carboxylic acids is 2. The van der Waals surface area contributed by atoms with E-state index in [2.05, 4.69) is 15.1 Å². The molecule has 0 radical (unpaired) electrons. The molecule has 2 aromatic carbocycles. The molecule has 0 aliphatic carbocycles. The van der Waals surface area contributed by atoms with Crippen LogP contribution in [0.5, 0.6) is 11.5 Å². The van der Waals surface area contributed by atoms with Crippen molar-refractivity contribution in [2.75, 3.05) is 65.0 Å². The maximum Gasteiger partial charge on any atom is 0.254 e. The van der Waals surface area contributed by atoms with Gasteiger partial charge in [-0.2, -0.15) is 0 Å². The number of nitrogens with zero attached hydrogens (tertiary/aromatic N) is 5. The smallest absolute Gasteiger partial charge is 0.254 e. The highest BCUT2D eigenvalue weighted by Gasteiger charge is 2.29. The Balaban J connectivity index is 1.20. The van der Waals surface area contributed by atoms with Crippen molar-refractivity contribution < 1.29 is 23.8 Å². The number of aryl methyl sites for hydroxylation is 1. The predicted molar refractivity (Wildman–Crippen MR) is 155 cm³/mol. The van der Waals surface area contributed by atoms with E-state index < -0.39 is 0 Å². The zero-order valence-corrected chi connectivity index (χ0v) is 23.9. The molecule has 3 heterocycles. The molecule has 0 saturated carbocycles. The van der Waals surface area contributed by atoms with Gasteiger partial charge in [0.1, 0.15) is 6.54 Å². The maximum absolute atomic E-state index is 13.5. The average molecular weight is 560 g/mol. The second-order valence-electron chi connectivity index (χ2n) is 10.3. The number of hydrogen-bond acceptors (Lipinski definition) is 8. The third kappa shape index (κ3) is 6.59. The van der Waals surface area contributed by atoms with Crippen LogP contribution in [-0.4, -0.2) is 98.0 Å². The Bertz CT molecular complexity index is 1350. The van der Waals surface area contributed by atoms with E-state index in [9.17, 15) is 9.59 Å². The van der Waals surface area contributed by atoms with Crippen LogP contribution in [0.4, 0.5) is 5.82 Å². The number of rotatable bonds is 9. The second kappa shape index (κ2) is 13.0. The summed E-state index contributed by atoms with van der Waals surface area (Å²) < 4.78 is 16.5. The van der Waals surface area contributed by atoms with E-state index in [1.54, 1.807) is 19.1 Å². The van der Waals surface area contributed by atoms with Crippen LogP contribution in [-0.2, 0) is 9.53 Å². The zero-order valence-electron chi connectivity index (χ0n) is 23.9. The Morgan fingerprint density at radius 1 is 0.976 bits per heavy atom. The lowest BCUT2D eigenvalue weighted by atomic mass is 10.1. The number of piperazine rings is 1. The first-order valence-corrected chi connectivity index (χ1v) is 14.0. The Labute approximate surface area is 240 Å². The minimum Gasteiger partial charge on any atom is -0.493 e. The molecule has 0 N–H and O–H groups in total. The highest BCUT2D eigenvalue weighted by atomic mass is 16.5. The van der Waals surface area contributed by atoms with E-state index in [1.807, 2.05) is 66.4 Å². The highest BCUT2D eigenvalue weighted by Crippen LogP contribution is 2.31. The summed E-state index contributed by atoms with van der Waals surface area (Å²) in [5.41, 5.74) is 3.13. The van der Waals surface area contributed by atoms with Crippen molar-refractivity contribution in [2.24, 2.45) is 0 Å². The fourth-order valence-corrected chi connectivity index (χ4v) is 5.33. The Kier molecular flexibility index (Phi) is 8.98. The van der Waals surface area contributed by atoms with Crippen molar-refractivity contribution in [1.82, 2.24) is 20.0 Å². The summed E-state index contributed by atoms with van der Waals surface area (Å²) in [5, 5.41) is 8.88. The van der Waals surface area contributed by atoms with E-state index in [0.717, 1.165) is 35.5 Å². The third-order valence-corrected chi connectivity index (χ3v) is 7.72. The van der Waals surface area contributed by atoms with Crippen LogP contribution in [0.25, 0.3) is 11.3 Å². The number of anilines is 1. The van der Waals surface area contributed by atoms with Gasteiger partial charge in [-0.25, -0.2) is 0 Å². The van der Waals surface area contributed by atoms with E-state index in [0.29, 0.717) is 56.4 Å². The summed E-state index contributed by atoms with van der Waals surface area (Å²) in [7, 11) is 3.20. The van der Waals surface area contributed by atoms with Crippen LogP contribution in [0, 0.1) is 6.92 Å². The molecule has 2 fully saturated rings. The molecule has 1 atom stereocenters. The van der Waals surface area contributed by atoms with Gasteiger partial charge in [-0.3, -0.25) is 9.59 Å². The van der Waals surface area contributed by atoms with Crippen LogP contribution in [0.3, 0.4) is 0 Å². The van der Waals surface area contributed by atoms with E-state index in [-0.39, 0.29) is 24.5 Å². The number of benzene rings is 2. The molecule has 5 rings (SSSR count). The molecule has 2 saturated heterocycles. The van der Waals surface area contributed by atoms with Crippen molar-refractivity contribution in [2.45, 2.75) is 25.9 Å². The molecule has 1 unspecified atom stereocenters. The number of ether oxygens (including phenoxy) is 3. The van der Waals surface area contributed by atoms with Crippen LogP contribution in [0.2, 0.25) is 0 Å². The van der Waals surface area contributed by atoms with Gasteiger partial charge in [-0.1, -0.05) is 18.2 Å². The molecular formula is C31H37N5O5. The molecule has 10 nitrogen and oxygen atoms in total. The average Bonchev–Trinajstić information content (AvgIpc) is 3.53. The van der Waals surface area contributed by atoms with Gasteiger partial charge in [0.05, 0.1) is 26.0 Å². The largest absolute Gasteiger partial charge is 0.493 e. The number of methoxy groups -OCH3 is 2. The van der Waals surface area contributed by atoms with Gasteiger partial charge >= 0.3 is 0 Å². The van der Waals surface area contributed by atoms with Crippen molar-refractivity contribution in [3.8, 4) is 22.8 Å². The predicted octanol–water partition coefficient (Wildman–Crippen LogP) is 3.44. The lowest BCUT2D eigenvalue weighted by molar-refractivity contribution is -0.132. The molecule has 0 spiro atoms. The van der Waals surface area contributed by atoms with Gasteiger partial charge in [0.15, 0.2) is 17.3 Å². The van der Waals surface area contributed by atoms with Gasteiger partial charge in [-0.05, 0) is 61.7 Å². The Morgan fingerprint density at radius 2 is 1.76 bits per heavy atom. The second-order valence-corrected chi connectivity index (χ2v) is 10.3. The van der Waals surface area contributed by atoms with Gasteiger partial charge in [0.2, 0.25) is 5.91 Å². The molecule has 0 bridgehead atoms. The molecule has 41 heavy (non-hydrogen) atoms. The van der Waals surface area contributed by atoms with Crippen LogP contribution >= 0.6 is 0 Å². The number of carbonyl (C=O) groups is 2. The molecule has 2 aliphatic rings. The molecule has 10 heteroatoms. The zero-order chi connectivity index (χ0) is 28.8. The first kappa shape index (κ1) is 28.4. The van der Waals surface area contributed by atoms with Crippen molar-refractivity contribution in [3.63, 3.8) is 0 Å². The normalized spacial score (nSPS) is 16.9. The molecular weight excluding hydrogens is 522 g/mol. The fourth-order valence-electron chi connectivity index (χ4n) is 5.33. The van der Waals surface area contributed by atoms with Gasteiger partial charge < -0.3 is 28.9 Å². The summed E-state index contributed by atoms with van der Waals surface area (Å²) in [6.07, 6.45) is 1.84. The number of hydrogen-bond donors (Lipinski definition) is 0. The highest BCUT2D eigenvalue weighted by molar-refractivity contribution is 5.97. The van der Waals surface area contributed by atoms with Crippen LogP contribution < -0.4 is 14.4 Å². The van der Waals surface area contributed by atoms with E-state index in [4.69, 9.17) is 14.2 Å². The number of aromatic nitrogens is 2. The SMILES string of the molecule is COc1ccc(-c2ccc(N3CCN(C(=O)CN(CC4CCCO4)C(=O)c4ccccc4C)CC3)nn2)cc1OC. The Hall–Kier alpha value is -4.18. The van der Waals surface area contributed by atoms with Crippen molar-refractivity contribution in [1.29, 1.82) is 0 Å². The molecule has 2 amide bonds. The van der Waals surface area contributed by atoms with E-state index in [1.165, 1.54) is 0 Å². The summed E-state index contributed by atoms with van der Waals surface area (Å²) in [6.45, 7) is 5.43. The van der Waals surface area contributed by atoms with Gasteiger partial charge in [-0.15, -0.1) is 10.2 Å². The van der Waals surface area contributed by atoms with Gasteiger partial charge in [0.25, 0.3) is 5.91 Å². The van der Waals surface area contributed by atoms with Crippen molar-refractivity contribution >= 4 is 17.6 Å². The lowest BCUT2D eigenvalue weighted by Gasteiger charge is -2.36. The summed E-state index contributed by atoms with van der Waals surface area (Å²) >= 11 is 0. The fraction of sp³-hybridized carbons (Fsp3) is 0.419. The summed E-state index contributed by atoms with van der Waals surface area (Å²) in [6, 6.07) is 17.0. The maximum atomic E-state index is 13.5. The van der Waals surface area contributed by atoms with E-state index >= 15 is 0 Å².